The minimum Gasteiger partial charge on any atom is -0.455 e. The van der Waals surface area contributed by atoms with E-state index in [-0.39, 0.29) is 0 Å². The van der Waals surface area contributed by atoms with Gasteiger partial charge in [0, 0.05) is 53.8 Å². The van der Waals surface area contributed by atoms with Gasteiger partial charge in [0.05, 0.1) is 21.3 Å². The van der Waals surface area contributed by atoms with E-state index in [2.05, 4.69) is 132 Å². The summed E-state index contributed by atoms with van der Waals surface area (Å²) in [6, 6.07) is 63.8. The smallest absolute Gasteiger partial charge is 0.167 e. The van der Waals surface area contributed by atoms with Crippen LogP contribution in [0.15, 0.2) is 186 Å². The molecule has 0 aliphatic rings. The Labute approximate surface area is 330 Å². The lowest BCUT2D eigenvalue weighted by atomic mass is 10.0. The lowest BCUT2D eigenvalue weighted by Gasteiger charge is -2.15. The summed E-state index contributed by atoms with van der Waals surface area (Å²) in [5.74, 6) is 1.73. The van der Waals surface area contributed by atoms with Crippen LogP contribution in [0, 0.1) is 0 Å². The summed E-state index contributed by atoms with van der Waals surface area (Å²) in [4.78, 5) is 15.6. The first-order valence-electron chi connectivity index (χ1n) is 19.0. The molecule has 0 aliphatic carbocycles. The Balaban J connectivity index is 1.16. The van der Waals surface area contributed by atoms with E-state index >= 15 is 0 Å². The van der Waals surface area contributed by atoms with E-state index in [9.17, 15) is 0 Å². The zero-order chi connectivity index (χ0) is 37.5. The van der Waals surface area contributed by atoms with Crippen molar-refractivity contribution in [1.29, 1.82) is 0 Å². The first-order chi connectivity index (χ1) is 28.2. The highest BCUT2D eigenvalue weighted by Gasteiger charge is 2.21. The Hall–Kier alpha value is -7.41. The molecule has 4 heterocycles. The summed E-state index contributed by atoms with van der Waals surface area (Å²) in [7, 11) is 0. The van der Waals surface area contributed by atoms with Crippen molar-refractivity contribution in [2.75, 3.05) is 0 Å². The molecular formula is C51H30N4OS. The number of hydrogen-bond donors (Lipinski definition) is 0. The number of para-hydroxylation sites is 3. The normalized spacial score (nSPS) is 11.9. The van der Waals surface area contributed by atoms with Crippen LogP contribution in [0.1, 0.15) is 0 Å². The second-order valence-corrected chi connectivity index (χ2v) is 15.4. The minimum absolute atomic E-state index is 0.555. The predicted octanol–water partition coefficient (Wildman–Crippen LogP) is 13.9. The molecule has 57 heavy (non-hydrogen) atoms. The van der Waals surface area contributed by atoms with Crippen molar-refractivity contribution in [2.24, 2.45) is 0 Å². The number of rotatable bonds is 5. The average Bonchev–Trinajstić information content (AvgIpc) is 3.96. The third-order valence-corrected chi connectivity index (χ3v) is 12.2. The first kappa shape index (κ1) is 31.9. The summed E-state index contributed by atoms with van der Waals surface area (Å²) >= 11 is 1.86. The van der Waals surface area contributed by atoms with E-state index < -0.39 is 0 Å². The number of benzene rings is 8. The molecule has 0 saturated carbocycles. The van der Waals surface area contributed by atoms with Gasteiger partial charge in [-0.05, 0) is 53.6 Å². The molecule has 0 atom stereocenters. The molecule has 0 spiro atoms. The number of aromatic nitrogens is 4. The van der Waals surface area contributed by atoms with Crippen LogP contribution >= 0.6 is 11.3 Å². The van der Waals surface area contributed by atoms with Crippen LogP contribution in [0.3, 0.4) is 0 Å². The Morgan fingerprint density at radius 1 is 0.421 bits per heavy atom. The maximum absolute atomic E-state index is 6.51. The molecule has 0 saturated heterocycles. The second kappa shape index (κ2) is 12.6. The van der Waals surface area contributed by atoms with Gasteiger partial charge in [0.25, 0.3) is 0 Å². The largest absolute Gasteiger partial charge is 0.455 e. The van der Waals surface area contributed by atoms with E-state index in [0.717, 1.165) is 61.0 Å². The summed E-state index contributed by atoms with van der Waals surface area (Å²) in [6.45, 7) is 0. The topological polar surface area (TPSA) is 56.7 Å². The molecule has 6 heteroatoms. The maximum Gasteiger partial charge on any atom is 0.167 e. The Bertz CT molecular complexity index is 3530. The van der Waals surface area contributed by atoms with Gasteiger partial charge < -0.3 is 8.98 Å². The van der Waals surface area contributed by atoms with Crippen LogP contribution in [0.5, 0.6) is 0 Å². The lowest BCUT2D eigenvalue weighted by molar-refractivity contribution is 0.669. The number of furan rings is 1. The zero-order valence-electron chi connectivity index (χ0n) is 30.4. The van der Waals surface area contributed by atoms with Crippen LogP contribution in [0.2, 0.25) is 0 Å². The average molecular weight is 747 g/mol. The molecule has 5 nitrogen and oxygen atoms in total. The molecule has 4 aromatic heterocycles. The molecule has 12 aromatic rings. The van der Waals surface area contributed by atoms with Crippen LogP contribution in [-0.4, -0.2) is 19.5 Å². The number of nitrogens with zero attached hydrogens (tertiary/aromatic N) is 4. The van der Waals surface area contributed by atoms with Crippen LogP contribution in [-0.2, 0) is 0 Å². The van der Waals surface area contributed by atoms with Gasteiger partial charge in [-0.2, -0.15) is 0 Å². The van der Waals surface area contributed by atoms with Crippen LogP contribution in [0.4, 0.5) is 0 Å². The molecule has 0 fully saturated rings. The number of fused-ring (bicyclic) bond motifs is 10. The molecule has 0 amide bonds. The summed E-state index contributed by atoms with van der Waals surface area (Å²) in [6.07, 6.45) is 0. The van der Waals surface area contributed by atoms with Gasteiger partial charge in [-0.1, -0.05) is 140 Å². The molecule has 266 valence electrons. The zero-order valence-corrected chi connectivity index (χ0v) is 31.2. The van der Waals surface area contributed by atoms with Crippen molar-refractivity contribution in [3.63, 3.8) is 0 Å². The van der Waals surface area contributed by atoms with Crippen molar-refractivity contribution in [1.82, 2.24) is 19.5 Å². The van der Waals surface area contributed by atoms with Crippen LogP contribution in [0.25, 0.3) is 115 Å². The van der Waals surface area contributed by atoms with Gasteiger partial charge in [-0.25, -0.2) is 15.0 Å². The van der Waals surface area contributed by atoms with Gasteiger partial charge in [-0.3, -0.25) is 0 Å². The highest BCUT2D eigenvalue weighted by Crippen LogP contribution is 2.44. The van der Waals surface area contributed by atoms with Gasteiger partial charge in [0.2, 0.25) is 0 Å². The van der Waals surface area contributed by atoms with Crippen LogP contribution < -0.4 is 0 Å². The van der Waals surface area contributed by atoms with Crippen molar-refractivity contribution in [3.05, 3.63) is 182 Å². The second-order valence-electron chi connectivity index (χ2n) is 14.4. The number of thiophene rings is 1. The Morgan fingerprint density at radius 3 is 1.89 bits per heavy atom. The Morgan fingerprint density at radius 2 is 1.05 bits per heavy atom. The fourth-order valence-corrected chi connectivity index (χ4v) is 9.67. The summed E-state index contributed by atoms with van der Waals surface area (Å²) in [5.41, 5.74) is 9.76. The summed E-state index contributed by atoms with van der Waals surface area (Å²) in [5, 5.41) is 7.07. The number of hydrogen-bond acceptors (Lipinski definition) is 5. The molecule has 8 aromatic carbocycles. The third kappa shape index (κ3) is 5.04. The van der Waals surface area contributed by atoms with Crippen molar-refractivity contribution in [2.45, 2.75) is 0 Å². The maximum atomic E-state index is 6.51. The van der Waals surface area contributed by atoms with E-state index in [1.807, 2.05) is 65.9 Å². The first-order valence-corrected chi connectivity index (χ1v) is 19.8. The molecule has 0 N–H and O–H groups in total. The quantitative estimate of drug-likeness (QED) is 0.176. The molecule has 0 unspecified atom stereocenters. The van der Waals surface area contributed by atoms with Gasteiger partial charge >= 0.3 is 0 Å². The highest BCUT2D eigenvalue weighted by molar-refractivity contribution is 7.26. The standard InChI is InChI=1S/C51H30N4OS/c1-3-14-31(15-4-1)33-28-34(30-35(29-33)55-43-23-10-7-18-36(43)39-26-27-41-38-20-9-12-25-45(38)57-48(41)46(39)55)50-52-49(32-16-5-2-6-17-32)53-51(54-50)42-22-13-21-40-37-19-8-11-24-44(37)56-47(40)42/h1-30H. The van der Waals surface area contributed by atoms with Crippen molar-refractivity contribution in [3.8, 4) is 51.0 Å². The molecule has 0 bridgehead atoms. The van der Waals surface area contributed by atoms with Crippen molar-refractivity contribution >= 4 is 75.3 Å². The molecule has 0 radical (unpaired) electrons. The molecule has 0 aliphatic heterocycles. The van der Waals surface area contributed by atoms with E-state index in [1.165, 1.54) is 36.5 Å². The fourth-order valence-electron chi connectivity index (χ4n) is 8.43. The summed E-state index contributed by atoms with van der Waals surface area (Å²) < 4.78 is 11.5. The lowest BCUT2D eigenvalue weighted by Crippen LogP contribution is -2.02. The SMILES string of the molecule is c1ccc(-c2cc(-c3nc(-c4ccccc4)nc(-c4cccc5c4oc4ccccc45)n3)cc(-n3c4ccccc4c4ccc5c6ccccc6sc5c43)c2)cc1. The van der Waals surface area contributed by atoms with Crippen molar-refractivity contribution < 1.29 is 4.42 Å². The minimum atomic E-state index is 0.555. The van der Waals surface area contributed by atoms with Gasteiger partial charge in [0.1, 0.15) is 11.2 Å². The Kier molecular flexibility index (Phi) is 7.03. The predicted molar refractivity (Wildman–Crippen MR) is 236 cm³/mol. The van der Waals surface area contributed by atoms with E-state index in [1.54, 1.807) is 0 Å². The van der Waals surface area contributed by atoms with Gasteiger partial charge in [0.15, 0.2) is 17.5 Å². The monoisotopic (exact) mass is 746 g/mol. The van der Waals surface area contributed by atoms with Gasteiger partial charge in [-0.15, -0.1) is 11.3 Å². The van der Waals surface area contributed by atoms with E-state index in [0.29, 0.717) is 17.5 Å². The molecular weight excluding hydrogens is 717 g/mol. The third-order valence-electron chi connectivity index (χ3n) is 11.0. The molecule has 12 rings (SSSR count). The fraction of sp³-hybridized carbons (Fsp3) is 0. The van der Waals surface area contributed by atoms with E-state index in [4.69, 9.17) is 19.4 Å². The highest BCUT2D eigenvalue weighted by atomic mass is 32.1.